The van der Waals surface area contributed by atoms with Crippen molar-refractivity contribution in [3.05, 3.63) is 46.3 Å². The average Bonchev–Trinajstić information content (AvgIpc) is 2.80. The van der Waals surface area contributed by atoms with Crippen LogP contribution in [-0.4, -0.2) is 31.9 Å². The number of rotatable bonds is 4. The van der Waals surface area contributed by atoms with E-state index in [0.717, 1.165) is 5.56 Å². The van der Waals surface area contributed by atoms with Crippen LogP contribution in [0, 0.1) is 0 Å². The molecule has 0 radical (unpaired) electrons. The van der Waals surface area contributed by atoms with Crippen molar-refractivity contribution in [3.8, 4) is 0 Å². The first-order valence-corrected chi connectivity index (χ1v) is 7.29. The molecule has 0 amide bonds. The summed E-state index contributed by atoms with van der Waals surface area (Å²) < 4.78 is 25.7. The quantitative estimate of drug-likeness (QED) is 0.473. The first-order chi connectivity index (χ1) is 8.62. The number of benzene rings is 1. The number of sulfonamides is 1. The minimum Gasteiger partial charge on any atom is -0.212 e. The Morgan fingerprint density at radius 3 is 2.78 bits per heavy atom. The van der Waals surface area contributed by atoms with Gasteiger partial charge in [-0.2, -0.15) is 0 Å². The molecule has 1 aliphatic rings. The van der Waals surface area contributed by atoms with Gasteiger partial charge in [-0.3, -0.25) is 0 Å². The molecule has 1 aromatic carbocycles. The van der Waals surface area contributed by atoms with E-state index in [-0.39, 0.29) is 11.8 Å². The predicted molar refractivity (Wildman–Crippen MR) is 68.2 cm³/mol. The van der Waals surface area contributed by atoms with Gasteiger partial charge in [0.25, 0.3) is 0 Å². The summed E-state index contributed by atoms with van der Waals surface area (Å²) in [6, 6.07) is 8.83. The Hall–Kier alpha value is -1.56. The van der Waals surface area contributed by atoms with Crippen LogP contribution in [0.15, 0.2) is 35.4 Å². The van der Waals surface area contributed by atoms with Crippen LogP contribution < -0.4 is 0 Å². The summed E-state index contributed by atoms with van der Waals surface area (Å²) in [7, 11) is -3.31. The molecule has 6 nitrogen and oxygen atoms in total. The zero-order chi connectivity index (χ0) is 13.0. The van der Waals surface area contributed by atoms with E-state index in [1.54, 1.807) is 12.1 Å². The minimum absolute atomic E-state index is 0.00315. The topological polar surface area (TPSA) is 86.1 Å². The van der Waals surface area contributed by atoms with Crippen molar-refractivity contribution in [2.24, 2.45) is 5.11 Å². The molecule has 1 fully saturated rings. The summed E-state index contributed by atoms with van der Waals surface area (Å²) in [5.74, 6) is -0.00315. The summed E-state index contributed by atoms with van der Waals surface area (Å²) >= 11 is 0. The second-order valence-electron chi connectivity index (χ2n) is 4.25. The Morgan fingerprint density at radius 2 is 2.11 bits per heavy atom. The maximum Gasteiger partial charge on any atom is 0.218 e. The fourth-order valence-electron chi connectivity index (χ4n) is 2.01. The van der Waals surface area contributed by atoms with Crippen LogP contribution in [0.1, 0.15) is 12.0 Å². The smallest absolute Gasteiger partial charge is 0.212 e. The number of hydrogen-bond donors (Lipinski definition) is 0. The van der Waals surface area contributed by atoms with Crippen molar-refractivity contribution < 1.29 is 8.42 Å². The fraction of sp³-hybridized carbons (Fsp3) is 0.455. The van der Waals surface area contributed by atoms with Gasteiger partial charge in [0.2, 0.25) is 10.0 Å². The molecular weight excluding hydrogens is 252 g/mol. The Morgan fingerprint density at radius 1 is 1.39 bits per heavy atom. The van der Waals surface area contributed by atoms with Crippen LogP contribution in [0.5, 0.6) is 0 Å². The van der Waals surface area contributed by atoms with Crippen molar-refractivity contribution >= 4 is 10.0 Å². The summed E-state index contributed by atoms with van der Waals surface area (Å²) in [6.07, 6.45) is 0.595. The average molecular weight is 266 g/mol. The summed E-state index contributed by atoms with van der Waals surface area (Å²) in [6.45, 7) is 0.720. The third-order valence-corrected chi connectivity index (χ3v) is 4.74. The summed E-state index contributed by atoms with van der Waals surface area (Å²) in [4.78, 5) is 2.72. The molecule has 0 N–H and O–H groups in total. The Balaban J connectivity index is 2.06. The van der Waals surface area contributed by atoms with Gasteiger partial charge in [-0.1, -0.05) is 35.4 Å². The highest BCUT2D eigenvalue weighted by Gasteiger charge is 2.30. The lowest BCUT2D eigenvalue weighted by Crippen LogP contribution is -2.30. The third kappa shape index (κ3) is 3.01. The summed E-state index contributed by atoms with van der Waals surface area (Å²) in [5.41, 5.74) is 9.11. The van der Waals surface area contributed by atoms with Gasteiger partial charge in [-0.25, -0.2) is 12.7 Å². The monoisotopic (exact) mass is 266 g/mol. The van der Waals surface area contributed by atoms with Crippen molar-refractivity contribution in [2.75, 3.05) is 13.1 Å². The molecule has 0 saturated carbocycles. The normalized spacial score (nSPS) is 20.6. The molecule has 1 atom stereocenters. The molecule has 0 aliphatic carbocycles. The fourth-order valence-corrected chi connectivity index (χ4v) is 3.59. The van der Waals surface area contributed by atoms with Crippen LogP contribution in [0.4, 0.5) is 0 Å². The molecule has 1 aromatic rings. The van der Waals surface area contributed by atoms with Crippen molar-refractivity contribution in [3.63, 3.8) is 0 Å². The van der Waals surface area contributed by atoms with Gasteiger partial charge < -0.3 is 0 Å². The van der Waals surface area contributed by atoms with E-state index in [9.17, 15) is 8.42 Å². The highest BCUT2D eigenvalue weighted by Crippen LogP contribution is 2.19. The Kier molecular flexibility index (Phi) is 3.86. The lowest BCUT2D eigenvalue weighted by atomic mass is 10.2. The van der Waals surface area contributed by atoms with E-state index in [0.29, 0.717) is 19.5 Å². The van der Waals surface area contributed by atoms with Crippen molar-refractivity contribution in [2.45, 2.75) is 18.2 Å². The highest BCUT2D eigenvalue weighted by molar-refractivity contribution is 7.88. The number of hydrogen-bond acceptors (Lipinski definition) is 3. The van der Waals surface area contributed by atoms with Crippen LogP contribution in [-0.2, 0) is 15.8 Å². The SMILES string of the molecule is [N-]=[N+]=NC1CCN(S(=O)(=O)Cc2ccccc2)C1. The summed E-state index contributed by atoms with van der Waals surface area (Å²) in [5, 5.41) is 3.57. The second-order valence-corrected chi connectivity index (χ2v) is 6.22. The van der Waals surface area contributed by atoms with E-state index in [1.165, 1.54) is 4.31 Å². The van der Waals surface area contributed by atoms with Crippen LogP contribution in [0.2, 0.25) is 0 Å². The molecule has 1 aliphatic heterocycles. The van der Waals surface area contributed by atoms with Gasteiger partial charge in [0.15, 0.2) is 0 Å². The van der Waals surface area contributed by atoms with Crippen molar-refractivity contribution in [1.29, 1.82) is 0 Å². The van der Waals surface area contributed by atoms with Crippen LogP contribution >= 0.6 is 0 Å². The number of azide groups is 1. The van der Waals surface area contributed by atoms with Crippen LogP contribution in [0.25, 0.3) is 10.4 Å². The molecule has 2 rings (SSSR count). The zero-order valence-corrected chi connectivity index (χ0v) is 10.6. The van der Waals surface area contributed by atoms with Gasteiger partial charge in [0.05, 0.1) is 11.8 Å². The van der Waals surface area contributed by atoms with Gasteiger partial charge in [-0.05, 0) is 17.5 Å². The van der Waals surface area contributed by atoms with E-state index >= 15 is 0 Å². The van der Waals surface area contributed by atoms with Crippen LogP contribution in [0.3, 0.4) is 0 Å². The van der Waals surface area contributed by atoms with E-state index in [4.69, 9.17) is 5.53 Å². The molecule has 18 heavy (non-hydrogen) atoms. The molecular formula is C11H14N4O2S. The minimum atomic E-state index is -3.31. The van der Waals surface area contributed by atoms with E-state index in [1.807, 2.05) is 18.2 Å². The Labute approximate surface area is 106 Å². The predicted octanol–water partition coefficient (Wildman–Crippen LogP) is 1.90. The number of nitrogens with zero attached hydrogens (tertiary/aromatic N) is 4. The van der Waals surface area contributed by atoms with Crippen molar-refractivity contribution in [1.82, 2.24) is 4.31 Å². The third-order valence-electron chi connectivity index (χ3n) is 2.93. The lowest BCUT2D eigenvalue weighted by Gasteiger charge is -2.15. The molecule has 1 heterocycles. The molecule has 0 bridgehead atoms. The highest BCUT2D eigenvalue weighted by atomic mass is 32.2. The maximum absolute atomic E-state index is 12.1. The van der Waals surface area contributed by atoms with Gasteiger partial charge in [0, 0.05) is 18.0 Å². The molecule has 0 spiro atoms. The zero-order valence-electron chi connectivity index (χ0n) is 9.81. The van der Waals surface area contributed by atoms with Gasteiger partial charge in [-0.15, -0.1) is 0 Å². The molecule has 7 heteroatoms. The van der Waals surface area contributed by atoms with E-state index in [2.05, 4.69) is 10.0 Å². The van der Waals surface area contributed by atoms with E-state index < -0.39 is 10.0 Å². The molecule has 1 unspecified atom stereocenters. The molecule has 1 saturated heterocycles. The standard InChI is InChI=1S/C11H14N4O2S/c12-14-13-11-6-7-15(8-11)18(16,17)9-10-4-2-1-3-5-10/h1-5,11H,6-9H2. The second kappa shape index (κ2) is 5.39. The van der Waals surface area contributed by atoms with Gasteiger partial charge in [0.1, 0.15) is 0 Å². The molecule has 96 valence electrons. The molecule has 0 aromatic heterocycles. The van der Waals surface area contributed by atoms with Gasteiger partial charge >= 0.3 is 0 Å². The first-order valence-electron chi connectivity index (χ1n) is 5.68. The lowest BCUT2D eigenvalue weighted by molar-refractivity contribution is 0.471. The first kappa shape index (κ1) is 12.9. The Bertz CT molecular complexity index is 552. The maximum atomic E-state index is 12.1. The largest absolute Gasteiger partial charge is 0.218 e.